The smallest absolute Gasteiger partial charge is 0.240 e. The van der Waals surface area contributed by atoms with Crippen molar-refractivity contribution in [1.82, 2.24) is 4.72 Å². The summed E-state index contributed by atoms with van der Waals surface area (Å²) in [5, 5.41) is 0. The first-order chi connectivity index (χ1) is 12.0. The molecule has 0 saturated carbocycles. The van der Waals surface area contributed by atoms with Gasteiger partial charge in [0.15, 0.2) is 0 Å². The van der Waals surface area contributed by atoms with Gasteiger partial charge in [-0.3, -0.25) is 4.79 Å². The lowest BCUT2D eigenvalue weighted by atomic mass is 10.1. The molecule has 0 radical (unpaired) electrons. The highest BCUT2D eigenvalue weighted by atomic mass is 32.2. The Balaban J connectivity index is 1.56. The number of hydrogen-bond acceptors (Lipinski definition) is 3. The number of hydrogen-bond donors (Lipinski definition) is 2. The number of rotatable bonds is 6. The molecule has 0 spiro atoms. The van der Waals surface area contributed by atoms with Crippen LogP contribution < -0.4 is 14.5 Å². The molecule has 6 nitrogen and oxygen atoms in total. The van der Waals surface area contributed by atoms with Gasteiger partial charge in [-0.15, -0.1) is 0 Å². The van der Waals surface area contributed by atoms with Crippen molar-refractivity contribution in [2.45, 2.75) is 43.9 Å². The van der Waals surface area contributed by atoms with Gasteiger partial charge in [-0.1, -0.05) is 0 Å². The molecule has 0 bridgehead atoms. The number of nitrogens with zero attached hydrogens (tertiary/aromatic N) is 1. The third-order valence-corrected chi connectivity index (χ3v) is 6.66. The summed E-state index contributed by atoms with van der Waals surface area (Å²) in [6.45, 7) is 6.09. The van der Waals surface area contributed by atoms with E-state index in [1.165, 1.54) is 39.3 Å². The zero-order valence-electron chi connectivity index (χ0n) is 14.9. The monoisotopic (exact) mass is 366 g/mol. The molecular weight excluding hydrogens is 338 g/mol. The first-order valence-corrected chi connectivity index (χ1v) is 10.7. The quantitative estimate of drug-likeness (QED) is 0.713. The predicted molar refractivity (Wildman–Crippen MR) is 97.4 cm³/mol. The topological polar surface area (TPSA) is 70.9 Å². The van der Waals surface area contributed by atoms with Gasteiger partial charge >= 0.3 is 0 Å². The second kappa shape index (κ2) is 7.85. The fraction of sp³-hybridized carbons (Fsp3) is 0.611. The Hall–Kier alpha value is -1.44. The first-order valence-electron chi connectivity index (χ1n) is 9.21. The van der Waals surface area contributed by atoms with Crippen molar-refractivity contribution in [2.24, 2.45) is 0 Å². The van der Waals surface area contributed by atoms with Crippen molar-refractivity contribution in [1.29, 1.82) is 0 Å². The van der Waals surface area contributed by atoms with Crippen molar-refractivity contribution < 1.29 is 18.1 Å². The molecule has 2 aliphatic rings. The molecule has 1 fully saturated rings. The molecule has 1 aromatic rings. The molecule has 25 heavy (non-hydrogen) atoms. The molecule has 0 aromatic heterocycles. The zero-order valence-corrected chi connectivity index (χ0v) is 15.7. The summed E-state index contributed by atoms with van der Waals surface area (Å²) in [5.41, 5.74) is 1.76. The van der Waals surface area contributed by atoms with Crippen LogP contribution in [0, 0.1) is 0 Å². The van der Waals surface area contributed by atoms with Gasteiger partial charge < -0.3 is 9.80 Å². The highest BCUT2D eigenvalue weighted by Gasteiger charge is 2.24. The average Bonchev–Trinajstić information content (AvgIpc) is 3.03. The lowest BCUT2D eigenvalue weighted by molar-refractivity contribution is -0.904. The molecule has 138 valence electrons. The molecule has 2 N–H and O–H groups in total. The number of quaternary nitrogens is 1. The van der Waals surface area contributed by atoms with E-state index in [0.29, 0.717) is 24.4 Å². The van der Waals surface area contributed by atoms with Gasteiger partial charge in [0.1, 0.15) is 0 Å². The Bertz CT molecular complexity index is 727. The van der Waals surface area contributed by atoms with Gasteiger partial charge in [-0.05, 0) is 49.4 Å². The maximum absolute atomic E-state index is 12.5. The van der Waals surface area contributed by atoms with Crippen LogP contribution in [0.1, 0.15) is 38.2 Å². The van der Waals surface area contributed by atoms with Gasteiger partial charge in [0.25, 0.3) is 0 Å². The molecular formula is C18H28N3O3S+. The van der Waals surface area contributed by atoms with E-state index in [0.717, 1.165) is 24.2 Å². The summed E-state index contributed by atoms with van der Waals surface area (Å²) < 4.78 is 27.7. The number of carbonyl (C=O) groups is 1. The van der Waals surface area contributed by atoms with Gasteiger partial charge in [0.05, 0.1) is 24.5 Å². The molecule has 7 heteroatoms. The van der Waals surface area contributed by atoms with Crippen LogP contribution in [0.4, 0.5) is 5.69 Å². The minimum atomic E-state index is -3.49. The molecule has 0 unspecified atom stereocenters. The largest absolute Gasteiger partial charge is 0.335 e. The Morgan fingerprint density at radius 3 is 2.72 bits per heavy atom. The van der Waals surface area contributed by atoms with E-state index >= 15 is 0 Å². The lowest BCUT2D eigenvalue weighted by Crippen LogP contribution is -3.12. The summed E-state index contributed by atoms with van der Waals surface area (Å²) >= 11 is 0. The van der Waals surface area contributed by atoms with E-state index in [1.54, 1.807) is 28.0 Å². The van der Waals surface area contributed by atoms with Crippen LogP contribution in [-0.2, 0) is 21.2 Å². The second-order valence-corrected chi connectivity index (χ2v) is 8.79. The van der Waals surface area contributed by atoms with E-state index in [1.807, 2.05) is 0 Å². The van der Waals surface area contributed by atoms with Gasteiger partial charge in [-0.25, -0.2) is 13.1 Å². The number of piperidine rings is 1. The summed E-state index contributed by atoms with van der Waals surface area (Å²) in [6, 6.07) is 5.05. The summed E-state index contributed by atoms with van der Waals surface area (Å²) in [5.74, 6) is -0.00676. The number of sulfonamides is 1. The Morgan fingerprint density at radius 1 is 1.24 bits per heavy atom. The first kappa shape index (κ1) is 18.4. The summed E-state index contributed by atoms with van der Waals surface area (Å²) in [7, 11) is -3.49. The predicted octanol–water partition coefficient (Wildman–Crippen LogP) is 0.333. The van der Waals surface area contributed by atoms with E-state index < -0.39 is 10.0 Å². The molecule has 2 aliphatic heterocycles. The van der Waals surface area contributed by atoms with E-state index in [2.05, 4.69) is 4.72 Å². The minimum Gasteiger partial charge on any atom is -0.335 e. The lowest BCUT2D eigenvalue weighted by Gasteiger charge is -2.23. The maximum Gasteiger partial charge on any atom is 0.240 e. The average molecular weight is 367 g/mol. The van der Waals surface area contributed by atoms with Crippen molar-refractivity contribution in [3.63, 3.8) is 0 Å². The normalized spacial score (nSPS) is 18.4. The minimum absolute atomic E-state index is 0.00676. The Kier molecular flexibility index (Phi) is 5.76. The number of nitrogens with one attached hydrogen (secondary N) is 2. The molecule has 1 aromatic carbocycles. The molecule has 1 saturated heterocycles. The molecule has 2 heterocycles. The number of benzene rings is 1. The van der Waals surface area contributed by atoms with Crippen molar-refractivity contribution >= 4 is 21.6 Å². The van der Waals surface area contributed by atoms with Crippen LogP contribution in [0.15, 0.2) is 23.1 Å². The van der Waals surface area contributed by atoms with Crippen LogP contribution in [0.5, 0.6) is 0 Å². The standard InChI is InChI=1S/C18H27N3O3S/c1-15(22)21-13-8-16-14-17(6-7-18(16)21)25(23,24)19-9-5-12-20-10-3-2-4-11-20/h6-7,14,19H,2-5,8-13H2,1H3/p+1. The van der Waals surface area contributed by atoms with Gasteiger partial charge in [0.2, 0.25) is 15.9 Å². The number of amides is 1. The van der Waals surface area contributed by atoms with Gasteiger partial charge in [-0.2, -0.15) is 0 Å². The number of anilines is 1. The highest BCUT2D eigenvalue weighted by molar-refractivity contribution is 7.89. The van der Waals surface area contributed by atoms with Crippen molar-refractivity contribution in [2.75, 3.05) is 37.6 Å². The van der Waals surface area contributed by atoms with Crippen LogP contribution >= 0.6 is 0 Å². The molecule has 0 atom stereocenters. The fourth-order valence-corrected chi connectivity index (χ4v) is 4.93. The third-order valence-electron chi connectivity index (χ3n) is 5.20. The molecule has 0 aliphatic carbocycles. The highest BCUT2D eigenvalue weighted by Crippen LogP contribution is 2.30. The van der Waals surface area contributed by atoms with Crippen LogP contribution in [0.2, 0.25) is 0 Å². The molecule has 1 amide bonds. The van der Waals surface area contributed by atoms with E-state index in [4.69, 9.17) is 0 Å². The summed E-state index contributed by atoms with van der Waals surface area (Å²) in [4.78, 5) is 15.2. The third kappa shape index (κ3) is 4.40. The number of likely N-dealkylation sites (tertiary alicyclic amines) is 1. The van der Waals surface area contributed by atoms with Crippen LogP contribution in [-0.4, -0.2) is 47.0 Å². The van der Waals surface area contributed by atoms with E-state index in [9.17, 15) is 13.2 Å². The maximum atomic E-state index is 12.5. The van der Waals surface area contributed by atoms with Crippen LogP contribution in [0.3, 0.4) is 0 Å². The molecule has 3 rings (SSSR count). The summed E-state index contributed by atoms with van der Waals surface area (Å²) in [6.07, 6.45) is 5.46. The van der Waals surface area contributed by atoms with Gasteiger partial charge in [0, 0.05) is 32.1 Å². The van der Waals surface area contributed by atoms with E-state index in [-0.39, 0.29) is 5.91 Å². The Labute approximate surface area is 150 Å². The van der Waals surface area contributed by atoms with Crippen molar-refractivity contribution in [3.8, 4) is 0 Å². The number of fused-ring (bicyclic) bond motifs is 1. The zero-order chi connectivity index (χ0) is 17.9. The Morgan fingerprint density at radius 2 is 2.00 bits per heavy atom. The number of carbonyl (C=O) groups excluding carboxylic acids is 1. The van der Waals surface area contributed by atoms with Crippen LogP contribution in [0.25, 0.3) is 0 Å². The fourth-order valence-electron chi connectivity index (χ4n) is 3.80. The second-order valence-electron chi connectivity index (χ2n) is 7.02. The van der Waals surface area contributed by atoms with Crippen molar-refractivity contribution in [3.05, 3.63) is 23.8 Å². The SMILES string of the molecule is CC(=O)N1CCc2cc(S(=O)(=O)NCCC[NH+]3CCCCC3)ccc21.